The van der Waals surface area contributed by atoms with Gasteiger partial charge in [-0.3, -0.25) is 14.5 Å². The summed E-state index contributed by atoms with van der Waals surface area (Å²) in [7, 11) is 0. The molecule has 1 amide bonds. The van der Waals surface area contributed by atoms with Crippen LogP contribution in [-0.4, -0.2) is 31.9 Å². The maximum Gasteiger partial charge on any atom is 0.243 e. The Morgan fingerprint density at radius 1 is 1.27 bits per heavy atom. The smallest absolute Gasteiger partial charge is 0.243 e. The second-order valence-corrected chi connectivity index (χ2v) is 7.56. The molecule has 0 N–H and O–H groups in total. The summed E-state index contributed by atoms with van der Waals surface area (Å²) in [6.45, 7) is 10.5. The topological polar surface area (TPSA) is 87.2 Å². The fourth-order valence-electron chi connectivity index (χ4n) is 3.71. The second kappa shape index (κ2) is 10.6. The van der Waals surface area contributed by atoms with Crippen LogP contribution in [0, 0.1) is 24.1 Å². The lowest BCUT2D eigenvalue weighted by atomic mass is 10.1. The van der Waals surface area contributed by atoms with Gasteiger partial charge in [-0.25, -0.2) is 9.40 Å². The molecule has 1 aliphatic rings. The van der Waals surface area contributed by atoms with Crippen LogP contribution in [0.15, 0.2) is 53.9 Å². The first kappa shape index (κ1) is 23.8. The number of halogens is 1. The molecule has 0 radical (unpaired) electrons. The molecule has 1 aromatic carbocycles. The number of benzene rings is 1. The SMILES string of the molecule is C=C(CCC(=O)N1N=CCC1c1cncc(F)c1)Cn1nc2ccc(C#N)cc2c1C.CC. The zero-order valence-electron chi connectivity index (χ0n) is 19.1. The first-order valence-corrected chi connectivity index (χ1v) is 10.9. The number of carbonyl (C=O) groups is 1. The Balaban J connectivity index is 0.00000149. The van der Waals surface area contributed by atoms with E-state index in [1.165, 1.54) is 11.1 Å². The van der Waals surface area contributed by atoms with Crippen molar-refractivity contribution in [1.82, 2.24) is 19.8 Å². The van der Waals surface area contributed by atoms with Crippen LogP contribution >= 0.6 is 0 Å². The Morgan fingerprint density at radius 3 is 2.79 bits per heavy atom. The van der Waals surface area contributed by atoms with Crippen molar-refractivity contribution in [2.75, 3.05) is 0 Å². The third-order valence-corrected chi connectivity index (χ3v) is 5.39. The number of hydrazone groups is 1. The standard InChI is InChI=1S/C23H21FN6O.C2H6/c1-15(14-29-16(2)20-9-17(11-25)4-5-21(20)28-29)3-6-23(31)30-22(7-8-27-30)18-10-19(24)13-26-12-18;1-2/h4-5,8-10,12-13,22H,1,3,6-7,14H2,2H3;1-2H3. The summed E-state index contributed by atoms with van der Waals surface area (Å²) in [5.74, 6) is -0.584. The lowest BCUT2D eigenvalue weighted by Crippen LogP contribution is -2.27. The predicted octanol–water partition coefficient (Wildman–Crippen LogP) is 5.07. The molecule has 170 valence electrons. The molecule has 3 aromatic rings. The van der Waals surface area contributed by atoms with Crippen molar-refractivity contribution in [3.63, 3.8) is 0 Å². The van der Waals surface area contributed by atoms with E-state index < -0.39 is 5.82 Å². The van der Waals surface area contributed by atoms with Gasteiger partial charge in [0.15, 0.2) is 0 Å². The molecular weight excluding hydrogens is 419 g/mol. The van der Waals surface area contributed by atoms with Crippen LogP contribution < -0.4 is 0 Å². The predicted molar refractivity (Wildman–Crippen MR) is 126 cm³/mol. The van der Waals surface area contributed by atoms with Gasteiger partial charge >= 0.3 is 0 Å². The number of carbonyl (C=O) groups excluding carboxylic acids is 1. The minimum absolute atomic E-state index is 0.148. The Kier molecular flexibility index (Phi) is 7.67. The van der Waals surface area contributed by atoms with Crippen LogP contribution in [0.25, 0.3) is 10.9 Å². The van der Waals surface area contributed by atoms with Crippen molar-refractivity contribution in [2.45, 2.75) is 52.6 Å². The summed E-state index contributed by atoms with van der Waals surface area (Å²) >= 11 is 0. The average molecular weight is 447 g/mol. The molecule has 1 unspecified atom stereocenters. The van der Waals surface area contributed by atoms with Gasteiger partial charge < -0.3 is 0 Å². The minimum Gasteiger partial charge on any atom is -0.273 e. The van der Waals surface area contributed by atoms with Gasteiger partial charge in [-0.2, -0.15) is 15.5 Å². The van der Waals surface area contributed by atoms with E-state index in [1.807, 2.05) is 37.6 Å². The molecule has 0 fully saturated rings. The molecule has 0 bridgehead atoms. The Hall–Kier alpha value is -3.86. The zero-order valence-corrected chi connectivity index (χ0v) is 19.1. The number of nitriles is 1. The maximum atomic E-state index is 13.5. The highest BCUT2D eigenvalue weighted by Gasteiger charge is 2.28. The molecule has 3 heterocycles. The van der Waals surface area contributed by atoms with E-state index in [1.54, 1.807) is 18.5 Å². The van der Waals surface area contributed by atoms with Gasteiger partial charge in [-0.05, 0) is 43.2 Å². The number of fused-ring (bicyclic) bond motifs is 1. The van der Waals surface area contributed by atoms with Crippen molar-refractivity contribution in [3.8, 4) is 6.07 Å². The van der Waals surface area contributed by atoms with Gasteiger partial charge in [-0.1, -0.05) is 26.0 Å². The number of pyridine rings is 1. The van der Waals surface area contributed by atoms with E-state index in [0.717, 1.165) is 28.4 Å². The number of amides is 1. The Morgan fingerprint density at radius 2 is 2.06 bits per heavy atom. The van der Waals surface area contributed by atoms with Gasteiger partial charge in [0.05, 0.1) is 35.9 Å². The van der Waals surface area contributed by atoms with Gasteiger partial charge in [0.25, 0.3) is 0 Å². The van der Waals surface area contributed by atoms with Crippen LogP contribution in [0.3, 0.4) is 0 Å². The highest BCUT2D eigenvalue weighted by molar-refractivity contribution is 5.83. The van der Waals surface area contributed by atoms with Crippen molar-refractivity contribution in [3.05, 3.63) is 71.4 Å². The third kappa shape index (κ3) is 5.32. The first-order chi connectivity index (χ1) is 16.0. The summed E-state index contributed by atoms with van der Waals surface area (Å²) in [6.07, 6.45) is 5.62. The normalized spacial score (nSPS) is 14.6. The molecule has 2 aromatic heterocycles. The van der Waals surface area contributed by atoms with E-state index in [2.05, 4.69) is 27.8 Å². The summed E-state index contributed by atoms with van der Waals surface area (Å²) in [4.78, 5) is 16.6. The Labute approximate surface area is 192 Å². The molecule has 0 aliphatic carbocycles. The van der Waals surface area contributed by atoms with Gasteiger partial charge in [0.2, 0.25) is 5.91 Å². The quantitative estimate of drug-likeness (QED) is 0.495. The zero-order chi connectivity index (χ0) is 24.0. The highest BCUT2D eigenvalue weighted by Crippen LogP contribution is 2.29. The van der Waals surface area contributed by atoms with E-state index in [9.17, 15) is 9.18 Å². The van der Waals surface area contributed by atoms with E-state index in [-0.39, 0.29) is 18.4 Å². The highest BCUT2D eigenvalue weighted by atomic mass is 19.1. The summed E-state index contributed by atoms with van der Waals surface area (Å²) in [5.41, 5.74) is 3.84. The van der Waals surface area contributed by atoms with Crippen LogP contribution in [0.2, 0.25) is 0 Å². The van der Waals surface area contributed by atoms with Gasteiger partial charge in [0.1, 0.15) is 5.82 Å². The number of aromatic nitrogens is 3. The number of rotatable bonds is 6. The van der Waals surface area contributed by atoms with Crippen molar-refractivity contribution >= 4 is 23.0 Å². The second-order valence-electron chi connectivity index (χ2n) is 7.56. The van der Waals surface area contributed by atoms with Crippen molar-refractivity contribution < 1.29 is 9.18 Å². The summed E-state index contributed by atoms with van der Waals surface area (Å²) < 4.78 is 15.4. The largest absolute Gasteiger partial charge is 0.273 e. The maximum absolute atomic E-state index is 13.5. The van der Waals surface area contributed by atoms with Crippen molar-refractivity contribution in [1.29, 1.82) is 5.26 Å². The van der Waals surface area contributed by atoms with Crippen LogP contribution in [-0.2, 0) is 11.3 Å². The molecule has 4 rings (SSSR count). The fourth-order valence-corrected chi connectivity index (χ4v) is 3.71. The molecule has 33 heavy (non-hydrogen) atoms. The first-order valence-electron chi connectivity index (χ1n) is 10.9. The number of hydrogen-bond donors (Lipinski definition) is 0. The molecule has 1 atom stereocenters. The van der Waals surface area contributed by atoms with Gasteiger partial charge in [-0.15, -0.1) is 0 Å². The monoisotopic (exact) mass is 446 g/mol. The van der Waals surface area contributed by atoms with Crippen LogP contribution in [0.4, 0.5) is 4.39 Å². The average Bonchev–Trinajstić information content (AvgIpc) is 3.44. The van der Waals surface area contributed by atoms with Gasteiger partial charge in [0, 0.05) is 36.3 Å². The van der Waals surface area contributed by atoms with E-state index in [4.69, 9.17) is 5.26 Å². The molecule has 0 saturated carbocycles. The molecule has 1 aliphatic heterocycles. The number of hydrogen-bond acceptors (Lipinski definition) is 5. The number of nitrogens with zero attached hydrogens (tertiary/aromatic N) is 6. The summed E-state index contributed by atoms with van der Waals surface area (Å²) in [6, 6.07) is 8.59. The van der Waals surface area contributed by atoms with Crippen molar-refractivity contribution in [2.24, 2.45) is 5.10 Å². The lowest BCUT2D eigenvalue weighted by Gasteiger charge is -2.22. The number of allylic oxidation sites excluding steroid dienone is 1. The minimum atomic E-state index is -0.436. The molecule has 7 nitrogen and oxygen atoms in total. The summed E-state index contributed by atoms with van der Waals surface area (Å²) in [5, 5.41) is 20.2. The number of aryl methyl sites for hydroxylation is 1. The fraction of sp³-hybridized carbons (Fsp3) is 0.320. The molecule has 0 spiro atoms. The molecule has 0 saturated heterocycles. The van der Waals surface area contributed by atoms with E-state index in [0.29, 0.717) is 30.5 Å². The van der Waals surface area contributed by atoms with Crippen LogP contribution in [0.5, 0.6) is 0 Å². The molecular formula is C25H27FN6O. The van der Waals surface area contributed by atoms with E-state index >= 15 is 0 Å². The van der Waals surface area contributed by atoms with Crippen LogP contribution in [0.1, 0.15) is 56.0 Å². The lowest BCUT2D eigenvalue weighted by molar-refractivity contribution is -0.133. The Bertz CT molecular complexity index is 1240. The third-order valence-electron chi connectivity index (χ3n) is 5.39. The molecule has 8 heteroatoms.